The fraction of sp³-hybridized carbons (Fsp3) is 0.500. The zero-order valence-electron chi connectivity index (χ0n) is 13.4. The lowest BCUT2D eigenvalue weighted by Crippen LogP contribution is -1.99. The Morgan fingerprint density at radius 2 is 1.81 bits per heavy atom. The molecule has 3 heteroatoms. The molecule has 0 fully saturated rings. The number of hydrogen-bond acceptors (Lipinski definition) is 2. The molecule has 0 saturated heterocycles. The Kier molecular flexibility index (Phi) is 5.43. The fourth-order valence-corrected chi connectivity index (χ4v) is 2.59. The van der Waals surface area contributed by atoms with Crippen LogP contribution in [0.4, 0.5) is 0 Å². The van der Waals surface area contributed by atoms with Gasteiger partial charge in [0.05, 0.1) is 5.69 Å². The third-order valence-electron chi connectivity index (χ3n) is 3.92. The Morgan fingerprint density at radius 3 is 2.48 bits per heavy atom. The summed E-state index contributed by atoms with van der Waals surface area (Å²) in [4.78, 5) is 0. The zero-order valence-corrected chi connectivity index (χ0v) is 13.4. The van der Waals surface area contributed by atoms with Crippen molar-refractivity contribution in [3.8, 4) is 17.1 Å². The smallest absolute Gasteiger partial charge is 0.213 e. The first-order valence-corrected chi connectivity index (χ1v) is 8.03. The van der Waals surface area contributed by atoms with Gasteiger partial charge in [-0.2, -0.15) is 5.10 Å². The minimum absolute atomic E-state index is 0.357. The van der Waals surface area contributed by atoms with E-state index in [-0.39, 0.29) is 0 Å². The summed E-state index contributed by atoms with van der Waals surface area (Å²) in [6.07, 6.45) is 5.22. The molecule has 3 nitrogen and oxygen atoms in total. The van der Waals surface area contributed by atoms with Gasteiger partial charge >= 0.3 is 0 Å². The lowest BCUT2D eigenvalue weighted by molar-refractivity contribution is 0.389. The molecule has 0 amide bonds. The van der Waals surface area contributed by atoms with Gasteiger partial charge in [-0.3, -0.25) is 0 Å². The third kappa shape index (κ3) is 3.46. The Labute approximate surface area is 127 Å². The second-order valence-electron chi connectivity index (χ2n) is 5.65. The first-order valence-electron chi connectivity index (χ1n) is 8.03. The summed E-state index contributed by atoms with van der Waals surface area (Å²) < 4.78 is 1.77. The predicted molar refractivity (Wildman–Crippen MR) is 87.6 cm³/mol. The molecule has 0 radical (unpaired) electrons. The molecular weight excluding hydrogens is 260 g/mol. The van der Waals surface area contributed by atoms with Crippen molar-refractivity contribution in [3.63, 3.8) is 0 Å². The molecule has 0 aliphatic heterocycles. The molecule has 0 spiro atoms. The van der Waals surface area contributed by atoms with E-state index >= 15 is 0 Å². The largest absolute Gasteiger partial charge is 0.493 e. The van der Waals surface area contributed by atoms with E-state index < -0.39 is 0 Å². The van der Waals surface area contributed by atoms with Crippen molar-refractivity contribution in [2.45, 2.75) is 59.4 Å². The van der Waals surface area contributed by atoms with Crippen molar-refractivity contribution in [2.24, 2.45) is 0 Å². The molecule has 2 aromatic rings. The lowest BCUT2D eigenvalue weighted by Gasteiger charge is -2.05. The number of rotatable bonds is 7. The quantitative estimate of drug-likeness (QED) is 0.800. The van der Waals surface area contributed by atoms with Gasteiger partial charge in [-0.1, -0.05) is 51.0 Å². The van der Waals surface area contributed by atoms with Gasteiger partial charge < -0.3 is 5.11 Å². The Balaban J connectivity index is 2.45. The van der Waals surface area contributed by atoms with Gasteiger partial charge in [0.25, 0.3) is 0 Å². The van der Waals surface area contributed by atoms with Crippen molar-refractivity contribution in [1.82, 2.24) is 9.78 Å². The highest BCUT2D eigenvalue weighted by Crippen LogP contribution is 2.33. The SMILES string of the molecule is CCCCc1c(-c2ccccc2C)nn(CCCC)c1O. The summed E-state index contributed by atoms with van der Waals surface area (Å²) in [5.74, 6) is 0.357. The second kappa shape index (κ2) is 7.30. The topological polar surface area (TPSA) is 38.0 Å². The van der Waals surface area contributed by atoms with E-state index in [4.69, 9.17) is 5.10 Å². The summed E-state index contributed by atoms with van der Waals surface area (Å²) in [7, 11) is 0. The number of benzene rings is 1. The van der Waals surface area contributed by atoms with Crippen LogP contribution in [0.1, 0.15) is 50.7 Å². The first-order chi connectivity index (χ1) is 10.2. The average Bonchev–Trinajstić information content (AvgIpc) is 2.80. The van der Waals surface area contributed by atoms with E-state index in [2.05, 4.69) is 32.9 Å². The number of aromatic nitrogens is 2. The van der Waals surface area contributed by atoms with Crippen LogP contribution in [0.25, 0.3) is 11.3 Å². The molecule has 114 valence electrons. The van der Waals surface area contributed by atoms with Gasteiger partial charge in [0, 0.05) is 17.7 Å². The van der Waals surface area contributed by atoms with Crippen LogP contribution in [-0.2, 0) is 13.0 Å². The molecule has 0 atom stereocenters. The van der Waals surface area contributed by atoms with E-state index in [1.54, 1.807) is 4.68 Å². The zero-order chi connectivity index (χ0) is 15.2. The van der Waals surface area contributed by atoms with Crippen molar-refractivity contribution in [1.29, 1.82) is 0 Å². The predicted octanol–water partition coefficient (Wildman–Crippen LogP) is 4.71. The molecule has 0 saturated carbocycles. The Hall–Kier alpha value is -1.77. The van der Waals surface area contributed by atoms with Crippen LogP contribution in [0.2, 0.25) is 0 Å². The van der Waals surface area contributed by atoms with Gasteiger partial charge in [0.15, 0.2) is 0 Å². The minimum Gasteiger partial charge on any atom is -0.493 e. The van der Waals surface area contributed by atoms with Crippen LogP contribution in [0.5, 0.6) is 5.88 Å². The van der Waals surface area contributed by atoms with Crippen LogP contribution >= 0.6 is 0 Å². The number of aryl methyl sites for hydroxylation is 2. The Morgan fingerprint density at radius 1 is 1.10 bits per heavy atom. The monoisotopic (exact) mass is 286 g/mol. The van der Waals surface area contributed by atoms with Crippen molar-refractivity contribution >= 4 is 0 Å². The van der Waals surface area contributed by atoms with Crippen molar-refractivity contribution in [3.05, 3.63) is 35.4 Å². The van der Waals surface area contributed by atoms with Gasteiger partial charge in [-0.15, -0.1) is 0 Å². The second-order valence-corrected chi connectivity index (χ2v) is 5.65. The molecule has 0 bridgehead atoms. The highest BCUT2D eigenvalue weighted by molar-refractivity contribution is 5.68. The third-order valence-corrected chi connectivity index (χ3v) is 3.92. The maximum Gasteiger partial charge on any atom is 0.213 e. The standard InChI is InChI=1S/C18H26N2O/c1-4-6-11-16-17(15-12-9-8-10-14(15)3)19-20(18(16)21)13-7-5-2/h8-10,12,21H,4-7,11,13H2,1-3H3. The minimum atomic E-state index is 0.357. The lowest BCUT2D eigenvalue weighted by atomic mass is 10.00. The van der Waals surface area contributed by atoms with E-state index in [0.717, 1.165) is 55.5 Å². The average molecular weight is 286 g/mol. The summed E-state index contributed by atoms with van der Waals surface area (Å²) in [6.45, 7) is 7.21. The van der Waals surface area contributed by atoms with Gasteiger partial charge in [-0.05, 0) is 31.7 Å². The van der Waals surface area contributed by atoms with Crippen LogP contribution in [0.3, 0.4) is 0 Å². The van der Waals surface area contributed by atoms with Gasteiger partial charge in [-0.25, -0.2) is 4.68 Å². The van der Waals surface area contributed by atoms with E-state index in [9.17, 15) is 5.11 Å². The normalized spacial score (nSPS) is 11.0. The molecule has 0 aliphatic carbocycles. The summed E-state index contributed by atoms with van der Waals surface area (Å²) >= 11 is 0. The summed E-state index contributed by atoms with van der Waals surface area (Å²) in [6, 6.07) is 8.27. The molecule has 0 unspecified atom stereocenters. The first kappa shape index (κ1) is 15.6. The maximum absolute atomic E-state index is 10.5. The van der Waals surface area contributed by atoms with E-state index in [0.29, 0.717) is 5.88 Å². The number of hydrogen-bond donors (Lipinski definition) is 1. The van der Waals surface area contributed by atoms with Gasteiger partial charge in [0.2, 0.25) is 5.88 Å². The van der Waals surface area contributed by atoms with Crippen LogP contribution in [-0.4, -0.2) is 14.9 Å². The number of nitrogens with zero attached hydrogens (tertiary/aromatic N) is 2. The van der Waals surface area contributed by atoms with Crippen molar-refractivity contribution in [2.75, 3.05) is 0 Å². The van der Waals surface area contributed by atoms with Crippen LogP contribution in [0, 0.1) is 6.92 Å². The highest BCUT2D eigenvalue weighted by atomic mass is 16.3. The van der Waals surface area contributed by atoms with Crippen LogP contribution in [0.15, 0.2) is 24.3 Å². The molecule has 2 rings (SSSR count). The molecule has 1 aromatic carbocycles. The molecule has 21 heavy (non-hydrogen) atoms. The molecule has 0 aliphatic rings. The molecule has 1 heterocycles. The van der Waals surface area contributed by atoms with E-state index in [1.807, 2.05) is 12.1 Å². The number of unbranched alkanes of at least 4 members (excludes halogenated alkanes) is 2. The molecular formula is C18H26N2O. The molecule has 1 N–H and O–H groups in total. The summed E-state index contributed by atoms with van der Waals surface area (Å²) in [5, 5.41) is 15.2. The highest BCUT2D eigenvalue weighted by Gasteiger charge is 2.18. The van der Waals surface area contributed by atoms with Gasteiger partial charge in [0.1, 0.15) is 0 Å². The van der Waals surface area contributed by atoms with Crippen LogP contribution < -0.4 is 0 Å². The van der Waals surface area contributed by atoms with E-state index in [1.165, 1.54) is 5.56 Å². The maximum atomic E-state index is 10.5. The summed E-state index contributed by atoms with van der Waals surface area (Å²) in [5.41, 5.74) is 4.29. The molecule has 1 aromatic heterocycles. The number of aromatic hydroxyl groups is 1. The Bertz CT molecular complexity index is 587. The fourth-order valence-electron chi connectivity index (χ4n) is 2.59. The van der Waals surface area contributed by atoms with Crippen molar-refractivity contribution < 1.29 is 5.11 Å².